The summed E-state index contributed by atoms with van der Waals surface area (Å²) in [5.41, 5.74) is 5.78. The van der Waals surface area contributed by atoms with Gasteiger partial charge < -0.3 is 11.1 Å². The van der Waals surface area contributed by atoms with Gasteiger partial charge in [0.05, 0.1) is 0 Å². The highest BCUT2D eigenvalue weighted by atomic mass is 16.2. The average molecular weight is 236 g/mol. The Hall–Kier alpha value is -1.65. The van der Waals surface area contributed by atoms with Crippen molar-refractivity contribution in [1.29, 1.82) is 0 Å². The van der Waals surface area contributed by atoms with E-state index in [-0.39, 0.29) is 23.5 Å². The molecule has 0 aliphatic heterocycles. The summed E-state index contributed by atoms with van der Waals surface area (Å²) in [6.45, 7) is 6.30. The van der Waals surface area contributed by atoms with E-state index < -0.39 is 0 Å². The topological polar surface area (TPSA) is 80.9 Å². The highest BCUT2D eigenvalue weighted by molar-refractivity contribution is 5.96. The zero-order valence-corrected chi connectivity index (χ0v) is 10.6. The minimum atomic E-state index is -0.258. The maximum atomic E-state index is 11.8. The number of hydrogen-bond donors (Lipinski definition) is 2. The van der Waals surface area contributed by atoms with Gasteiger partial charge in [-0.2, -0.15) is 0 Å². The summed E-state index contributed by atoms with van der Waals surface area (Å²) in [5.74, 6) is 0.545. The van der Waals surface area contributed by atoms with E-state index in [4.69, 9.17) is 5.73 Å². The summed E-state index contributed by atoms with van der Waals surface area (Å²) < 4.78 is 0. The normalized spacial score (nSPS) is 12.5. The number of anilines is 1. The van der Waals surface area contributed by atoms with Gasteiger partial charge in [0.15, 0.2) is 11.5 Å². The van der Waals surface area contributed by atoms with Crippen LogP contribution in [0.1, 0.15) is 44.1 Å². The van der Waals surface area contributed by atoms with Gasteiger partial charge in [0.25, 0.3) is 5.91 Å². The van der Waals surface area contributed by atoms with E-state index in [1.54, 1.807) is 0 Å². The van der Waals surface area contributed by atoms with E-state index in [2.05, 4.69) is 29.1 Å². The molecule has 0 aliphatic carbocycles. The molecular weight excluding hydrogens is 216 g/mol. The first kappa shape index (κ1) is 13.4. The molecule has 0 radical (unpaired) electrons. The van der Waals surface area contributed by atoms with E-state index in [0.717, 1.165) is 12.8 Å². The lowest BCUT2D eigenvalue weighted by atomic mass is 10.0. The number of amides is 1. The zero-order chi connectivity index (χ0) is 12.8. The zero-order valence-electron chi connectivity index (χ0n) is 10.6. The van der Waals surface area contributed by atoms with Gasteiger partial charge >= 0.3 is 0 Å². The number of nitrogen functional groups attached to an aromatic ring is 1. The molecule has 1 rings (SSSR count). The third-order valence-electron chi connectivity index (χ3n) is 2.50. The van der Waals surface area contributed by atoms with Crippen LogP contribution in [0.25, 0.3) is 0 Å². The van der Waals surface area contributed by atoms with Crippen LogP contribution in [0, 0.1) is 5.92 Å². The molecule has 0 saturated carbocycles. The first-order valence-corrected chi connectivity index (χ1v) is 5.88. The van der Waals surface area contributed by atoms with Crippen LogP contribution < -0.4 is 11.1 Å². The van der Waals surface area contributed by atoms with Gasteiger partial charge in [-0.15, -0.1) is 0 Å². The van der Waals surface area contributed by atoms with Gasteiger partial charge in [0.2, 0.25) is 0 Å². The number of nitrogens with two attached hydrogens (primary N) is 1. The van der Waals surface area contributed by atoms with Gasteiger partial charge in [-0.25, -0.2) is 9.97 Å². The Morgan fingerprint density at radius 1 is 1.29 bits per heavy atom. The van der Waals surface area contributed by atoms with Crippen molar-refractivity contribution in [3.8, 4) is 0 Å². The van der Waals surface area contributed by atoms with E-state index in [1.807, 2.05) is 6.92 Å². The van der Waals surface area contributed by atoms with Gasteiger partial charge in [-0.1, -0.05) is 13.8 Å². The minimum Gasteiger partial charge on any atom is -0.382 e. The molecule has 1 amide bonds. The fraction of sp³-hybridized carbons (Fsp3) is 0.583. The van der Waals surface area contributed by atoms with Gasteiger partial charge in [-0.05, 0) is 25.7 Å². The first-order chi connectivity index (χ1) is 8.00. The molecule has 0 aliphatic rings. The molecule has 0 unspecified atom stereocenters. The second kappa shape index (κ2) is 6.18. The summed E-state index contributed by atoms with van der Waals surface area (Å²) in [7, 11) is 0. The maximum absolute atomic E-state index is 11.8. The molecule has 0 aromatic carbocycles. The fourth-order valence-electron chi connectivity index (χ4n) is 1.47. The highest BCUT2D eigenvalue weighted by Crippen LogP contribution is 2.08. The van der Waals surface area contributed by atoms with E-state index in [9.17, 15) is 4.79 Å². The van der Waals surface area contributed by atoms with Crippen molar-refractivity contribution in [3.63, 3.8) is 0 Å². The predicted molar refractivity (Wildman–Crippen MR) is 67.4 cm³/mol. The Kier molecular flexibility index (Phi) is 4.87. The molecule has 1 aromatic heterocycles. The van der Waals surface area contributed by atoms with Gasteiger partial charge in [-0.3, -0.25) is 4.79 Å². The molecule has 0 spiro atoms. The van der Waals surface area contributed by atoms with Crippen molar-refractivity contribution in [3.05, 3.63) is 18.1 Å². The van der Waals surface area contributed by atoms with Crippen LogP contribution in [0.15, 0.2) is 12.4 Å². The molecular formula is C12H20N4O. The van der Waals surface area contributed by atoms with E-state index >= 15 is 0 Å². The summed E-state index contributed by atoms with van der Waals surface area (Å²) in [6, 6.07) is 0.117. The number of nitrogens with zero attached hydrogens (tertiary/aromatic N) is 2. The van der Waals surface area contributed by atoms with E-state index in [0.29, 0.717) is 5.92 Å². The van der Waals surface area contributed by atoms with E-state index in [1.165, 1.54) is 12.4 Å². The van der Waals surface area contributed by atoms with Gasteiger partial charge in [0.1, 0.15) is 0 Å². The van der Waals surface area contributed by atoms with Crippen molar-refractivity contribution in [1.82, 2.24) is 15.3 Å². The van der Waals surface area contributed by atoms with Crippen LogP contribution in [0.2, 0.25) is 0 Å². The fourth-order valence-corrected chi connectivity index (χ4v) is 1.47. The van der Waals surface area contributed by atoms with Crippen LogP contribution in [0.5, 0.6) is 0 Å². The third kappa shape index (κ3) is 4.38. The Bertz CT molecular complexity index is 379. The van der Waals surface area contributed by atoms with Crippen molar-refractivity contribution in [2.24, 2.45) is 5.92 Å². The molecule has 0 saturated heterocycles. The second-order valence-corrected chi connectivity index (χ2v) is 4.64. The Morgan fingerprint density at radius 3 is 2.53 bits per heavy atom. The smallest absolute Gasteiger partial charge is 0.273 e. The number of rotatable bonds is 5. The number of carbonyl (C=O) groups excluding carboxylic acids is 1. The van der Waals surface area contributed by atoms with Crippen LogP contribution >= 0.6 is 0 Å². The quantitative estimate of drug-likeness (QED) is 0.814. The van der Waals surface area contributed by atoms with Crippen molar-refractivity contribution >= 4 is 11.7 Å². The molecule has 1 heterocycles. The van der Waals surface area contributed by atoms with Gasteiger partial charge in [0, 0.05) is 18.4 Å². The molecule has 1 aromatic rings. The predicted octanol–water partition coefficient (Wildman–Crippen LogP) is 1.61. The number of carbonyl (C=O) groups is 1. The molecule has 0 bridgehead atoms. The first-order valence-electron chi connectivity index (χ1n) is 5.88. The lowest BCUT2D eigenvalue weighted by Gasteiger charge is -2.15. The molecule has 5 nitrogen and oxygen atoms in total. The number of hydrogen-bond acceptors (Lipinski definition) is 4. The summed E-state index contributed by atoms with van der Waals surface area (Å²) in [6.07, 6.45) is 4.96. The lowest BCUT2D eigenvalue weighted by Crippen LogP contribution is -2.34. The monoisotopic (exact) mass is 236 g/mol. The molecule has 1 atom stereocenters. The average Bonchev–Trinajstić information content (AvgIpc) is 2.26. The van der Waals surface area contributed by atoms with Crippen molar-refractivity contribution in [2.45, 2.75) is 39.7 Å². The number of nitrogens with one attached hydrogen (secondary N) is 1. The summed E-state index contributed by atoms with van der Waals surface area (Å²) >= 11 is 0. The van der Waals surface area contributed by atoms with Crippen LogP contribution in [-0.4, -0.2) is 21.9 Å². The minimum absolute atomic E-state index is 0.117. The van der Waals surface area contributed by atoms with Crippen molar-refractivity contribution < 1.29 is 4.79 Å². The van der Waals surface area contributed by atoms with Crippen LogP contribution in [-0.2, 0) is 0 Å². The molecule has 94 valence electrons. The largest absolute Gasteiger partial charge is 0.382 e. The Morgan fingerprint density at radius 2 is 1.94 bits per heavy atom. The molecule has 17 heavy (non-hydrogen) atoms. The van der Waals surface area contributed by atoms with Crippen LogP contribution in [0.4, 0.5) is 5.82 Å². The lowest BCUT2D eigenvalue weighted by molar-refractivity contribution is 0.0933. The third-order valence-corrected chi connectivity index (χ3v) is 2.50. The molecule has 3 N–H and O–H groups in total. The summed E-state index contributed by atoms with van der Waals surface area (Å²) in [5, 5.41) is 2.87. The second-order valence-electron chi connectivity index (χ2n) is 4.64. The summed E-state index contributed by atoms with van der Waals surface area (Å²) in [4.78, 5) is 19.6. The Labute approximate surface area is 102 Å². The van der Waals surface area contributed by atoms with Crippen LogP contribution in [0.3, 0.4) is 0 Å². The maximum Gasteiger partial charge on any atom is 0.273 e. The standard InChI is InChI=1S/C12H20N4O/c1-8(2)4-5-9(3)16-12(17)10-11(13)15-7-6-14-10/h6-9H,4-5H2,1-3H3,(H2,13,15)(H,16,17)/t9-/m1/s1. The Balaban J connectivity index is 2.52. The van der Waals surface area contributed by atoms with Crippen molar-refractivity contribution in [2.75, 3.05) is 5.73 Å². The molecule has 0 fully saturated rings. The highest BCUT2D eigenvalue weighted by Gasteiger charge is 2.14. The molecule has 5 heteroatoms. The SMILES string of the molecule is CC(C)CC[C@@H](C)NC(=O)c1nccnc1N. The number of aromatic nitrogens is 2.